The first-order chi connectivity index (χ1) is 9.88. The first kappa shape index (κ1) is 19.6. The average molecular weight is 312 g/mol. The lowest BCUT2D eigenvalue weighted by Crippen LogP contribution is -2.29. The third-order valence-corrected chi connectivity index (χ3v) is 3.34. The monoisotopic (exact) mass is 312 g/mol. The highest BCUT2D eigenvalue weighted by Gasteiger charge is 2.16. The van der Waals surface area contributed by atoms with Gasteiger partial charge in [0.1, 0.15) is 0 Å². The van der Waals surface area contributed by atoms with E-state index in [1.165, 1.54) is 18.4 Å². The molecule has 0 bridgehead atoms. The van der Waals surface area contributed by atoms with Gasteiger partial charge < -0.3 is 16.2 Å². The van der Waals surface area contributed by atoms with Gasteiger partial charge >= 0.3 is 5.97 Å². The fourth-order valence-electron chi connectivity index (χ4n) is 1.83. The molecule has 1 aliphatic rings. The van der Waals surface area contributed by atoms with Gasteiger partial charge in [0.15, 0.2) is 5.11 Å². The standard InChI is InChI=1S/C10H14O2.C6H14N2S/c1-7(2)8-3-5-9(6-4-8)10(11)12;1-2-3-4-5-8-6(7)9/h3-5,7,9H,6H2,1-2H3,(H,11,12);2-5H2,1H3,(H3,7,8,9). The molecule has 4 N–H and O–H groups in total. The van der Waals surface area contributed by atoms with Crippen LogP contribution in [0.5, 0.6) is 0 Å². The molecule has 0 spiro atoms. The Kier molecular flexibility index (Phi) is 10.6. The summed E-state index contributed by atoms with van der Waals surface area (Å²) >= 11 is 4.61. The number of aliphatic carboxylic acids is 1. The fraction of sp³-hybridized carbons (Fsp3) is 0.625. The zero-order valence-corrected chi connectivity index (χ0v) is 14.1. The summed E-state index contributed by atoms with van der Waals surface area (Å²) in [7, 11) is 0. The molecule has 1 aliphatic carbocycles. The van der Waals surface area contributed by atoms with Crippen LogP contribution in [0.25, 0.3) is 0 Å². The van der Waals surface area contributed by atoms with Gasteiger partial charge in [-0.3, -0.25) is 4.79 Å². The Hall–Kier alpha value is -1.36. The van der Waals surface area contributed by atoms with Gasteiger partial charge in [-0.15, -0.1) is 0 Å². The molecule has 4 nitrogen and oxygen atoms in total. The van der Waals surface area contributed by atoms with E-state index in [0.29, 0.717) is 17.5 Å². The number of hydrogen-bond acceptors (Lipinski definition) is 2. The number of hydrogen-bond donors (Lipinski definition) is 3. The lowest BCUT2D eigenvalue weighted by Gasteiger charge is -2.14. The van der Waals surface area contributed by atoms with Gasteiger partial charge in [0, 0.05) is 6.54 Å². The smallest absolute Gasteiger partial charge is 0.310 e. The number of carboxylic acids is 1. The molecule has 0 saturated carbocycles. The number of allylic oxidation sites excluding steroid dienone is 3. The summed E-state index contributed by atoms with van der Waals surface area (Å²) in [4.78, 5) is 10.6. The summed E-state index contributed by atoms with van der Waals surface area (Å²) in [5.41, 5.74) is 6.44. The maximum atomic E-state index is 10.6. The van der Waals surface area contributed by atoms with Crippen molar-refractivity contribution in [2.45, 2.75) is 46.5 Å². The Bertz CT molecular complexity index is 390. The Morgan fingerprint density at radius 3 is 2.57 bits per heavy atom. The second-order valence-electron chi connectivity index (χ2n) is 5.40. The molecular weight excluding hydrogens is 284 g/mol. The van der Waals surface area contributed by atoms with E-state index in [-0.39, 0.29) is 5.92 Å². The lowest BCUT2D eigenvalue weighted by atomic mass is 9.91. The van der Waals surface area contributed by atoms with E-state index in [2.05, 4.69) is 38.3 Å². The minimum Gasteiger partial charge on any atom is -0.481 e. The molecular formula is C16H28N2O2S. The van der Waals surface area contributed by atoms with Gasteiger partial charge in [0.05, 0.1) is 5.92 Å². The van der Waals surface area contributed by atoms with E-state index in [9.17, 15) is 4.79 Å². The number of nitrogens with two attached hydrogens (primary N) is 1. The number of nitrogens with one attached hydrogen (secondary N) is 1. The van der Waals surface area contributed by atoms with Crippen LogP contribution >= 0.6 is 12.2 Å². The van der Waals surface area contributed by atoms with E-state index in [4.69, 9.17) is 10.8 Å². The van der Waals surface area contributed by atoms with Crippen molar-refractivity contribution < 1.29 is 9.90 Å². The summed E-state index contributed by atoms with van der Waals surface area (Å²) in [6, 6.07) is 0. The third kappa shape index (κ3) is 10.1. The molecule has 0 aliphatic heterocycles. The highest BCUT2D eigenvalue weighted by molar-refractivity contribution is 7.80. The molecule has 1 atom stereocenters. The van der Waals surface area contributed by atoms with Crippen molar-refractivity contribution in [2.75, 3.05) is 6.54 Å². The van der Waals surface area contributed by atoms with Crippen LogP contribution in [0.2, 0.25) is 0 Å². The molecule has 5 heteroatoms. The fourth-order valence-corrected chi connectivity index (χ4v) is 1.94. The summed E-state index contributed by atoms with van der Waals surface area (Å²) in [6.45, 7) is 7.30. The normalized spacial score (nSPS) is 16.8. The van der Waals surface area contributed by atoms with Crippen molar-refractivity contribution in [1.29, 1.82) is 0 Å². The maximum absolute atomic E-state index is 10.6. The zero-order chi connectivity index (χ0) is 16.3. The summed E-state index contributed by atoms with van der Waals surface area (Å²) in [6.07, 6.45) is 10.00. The minimum absolute atomic E-state index is 0.313. The Morgan fingerprint density at radius 1 is 1.52 bits per heavy atom. The highest BCUT2D eigenvalue weighted by atomic mass is 32.1. The SMILES string of the molecule is CC(C)C1=CCC(C(=O)O)C=C1.CCCCCNC(N)=S. The van der Waals surface area contributed by atoms with Crippen molar-refractivity contribution in [3.05, 3.63) is 23.8 Å². The van der Waals surface area contributed by atoms with E-state index in [0.717, 1.165) is 13.0 Å². The van der Waals surface area contributed by atoms with Gasteiger partial charge in [0.25, 0.3) is 0 Å². The molecule has 0 aromatic rings. The van der Waals surface area contributed by atoms with Crippen LogP contribution in [0, 0.1) is 11.8 Å². The molecule has 0 saturated heterocycles. The van der Waals surface area contributed by atoms with Crippen molar-refractivity contribution >= 4 is 23.3 Å². The topological polar surface area (TPSA) is 75.3 Å². The van der Waals surface area contributed by atoms with Crippen molar-refractivity contribution in [3.8, 4) is 0 Å². The Balaban J connectivity index is 0.000000400. The van der Waals surface area contributed by atoms with Crippen LogP contribution in [0.1, 0.15) is 46.5 Å². The van der Waals surface area contributed by atoms with Crippen molar-refractivity contribution in [3.63, 3.8) is 0 Å². The molecule has 0 amide bonds. The zero-order valence-electron chi connectivity index (χ0n) is 13.3. The van der Waals surface area contributed by atoms with Crippen LogP contribution in [-0.2, 0) is 4.79 Å². The maximum Gasteiger partial charge on any atom is 0.310 e. The van der Waals surface area contributed by atoms with Gasteiger partial charge in [-0.2, -0.15) is 0 Å². The Labute approximate surface area is 133 Å². The molecule has 21 heavy (non-hydrogen) atoms. The molecule has 1 unspecified atom stereocenters. The predicted octanol–water partition coefficient (Wildman–Crippen LogP) is 3.24. The van der Waals surface area contributed by atoms with Gasteiger partial charge in [-0.05, 0) is 36.6 Å². The Morgan fingerprint density at radius 2 is 2.19 bits per heavy atom. The number of carboxylic acid groups (broad SMARTS) is 1. The highest BCUT2D eigenvalue weighted by Crippen LogP contribution is 2.21. The van der Waals surface area contributed by atoms with E-state index in [1.807, 2.05) is 12.2 Å². The number of thiocarbonyl (C=S) groups is 1. The lowest BCUT2D eigenvalue weighted by molar-refractivity contribution is -0.139. The molecule has 0 aromatic carbocycles. The third-order valence-electron chi connectivity index (χ3n) is 3.19. The second-order valence-corrected chi connectivity index (χ2v) is 5.84. The van der Waals surface area contributed by atoms with Crippen LogP contribution in [0.3, 0.4) is 0 Å². The second kappa shape index (κ2) is 11.3. The van der Waals surface area contributed by atoms with Gasteiger partial charge in [-0.25, -0.2) is 0 Å². The van der Waals surface area contributed by atoms with Crippen molar-refractivity contribution in [1.82, 2.24) is 5.32 Å². The molecule has 1 rings (SSSR count). The summed E-state index contributed by atoms with van der Waals surface area (Å²) in [5.74, 6) is -0.547. The summed E-state index contributed by atoms with van der Waals surface area (Å²) in [5, 5.41) is 12.0. The largest absolute Gasteiger partial charge is 0.481 e. The minimum atomic E-state index is -0.731. The van der Waals surface area contributed by atoms with E-state index >= 15 is 0 Å². The quantitative estimate of drug-likeness (QED) is 0.518. The van der Waals surface area contributed by atoms with Gasteiger partial charge in [-0.1, -0.05) is 51.8 Å². The average Bonchev–Trinajstić information content (AvgIpc) is 2.44. The molecule has 0 aromatic heterocycles. The predicted molar refractivity (Wildman–Crippen MR) is 92.1 cm³/mol. The first-order valence-corrected chi connectivity index (χ1v) is 7.93. The van der Waals surface area contributed by atoms with E-state index < -0.39 is 5.97 Å². The molecule has 0 heterocycles. The van der Waals surface area contributed by atoms with E-state index in [1.54, 1.807) is 6.08 Å². The molecule has 0 fully saturated rings. The van der Waals surface area contributed by atoms with Crippen LogP contribution in [0.15, 0.2) is 23.8 Å². The number of carbonyl (C=O) groups is 1. The number of unbranched alkanes of at least 4 members (excludes halogenated alkanes) is 2. The van der Waals surface area contributed by atoms with Crippen molar-refractivity contribution in [2.24, 2.45) is 17.6 Å². The molecule has 0 radical (unpaired) electrons. The summed E-state index contributed by atoms with van der Waals surface area (Å²) < 4.78 is 0. The van der Waals surface area contributed by atoms with Crippen LogP contribution < -0.4 is 11.1 Å². The first-order valence-electron chi connectivity index (χ1n) is 7.52. The van der Waals surface area contributed by atoms with Gasteiger partial charge in [0.2, 0.25) is 0 Å². The van der Waals surface area contributed by atoms with Crippen LogP contribution in [0.4, 0.5) is 0 Å². The van der Waals surface area contributed by atoms with Crippen LogP contribution in [-0.4, -0.2) is 22.7 Å². The molecule has 120 valence electrons. The number of rotatable bonds is 6.